The maximum Gasteiger partial charge on any atom is 0.299 e. The molecule has 5 rings (SSSR count). The zero-order valence-corrected chi connectivity index (χ0v) is 26.6. The Labute approximate surface area is 278 Å². The standard InChI is InChI=1S/C37H37N5O6/c1-2-3-4-5-6-11-22-48-28-19-17-27(18-20-28)39-33-23-34(36(42(46)47)24-35(33)41(44)45)40-32-15-10-9-14-31(32)38-25-30-29-13-8-7-12-26(29)16-21-37(30)43/h7-10,12-21,23-25,39-40,43H,2-6,11,22H2,1H3. The lowest BCUT2D eigenvalue weighted by Crippen LogP contribution is -2.03. The third kappa shape index (κ3) is 8.43. The van der Waals surface area contributed by atoms with Crippen LogP contribution in [0.25, 0.3) is 10.8 Å². The quantitative estimate of drug-likeness (QED) is 0.0414. The van der Waals surface area contributed by atoms with Crippen molar-refractivity contribution < 1.29 is 19.7 Å². The highest BCUT2D eigenvalue weighted by Crippen LogP contribution is 2.40. The molecule has 0 saturated heterocycles. The molecule has 0 unspecified atom stereocenters. The van der Waals surface area contributed by atoms with Crippen molar-refractivity contribution >= 4 is 56.8 Å². The molecule has 0 aliphatic carbocycles. The zero-order chi connectivity index (χ0) is 33.9. The summed E-state index contributed by atoms with van der Waals surface area (Å²) in [6.07, 6.45) is 8.51. The molecule has 246 valence electrons. The van der Waals surface area contributed by atoms with E-state index in [2.05, 4.69) is 22.5 Å². The smallest absolute Gasteiger partial charge is 0.299 e. The van der Waals surface area contributed by atoms with Crippen molar-refractivity contribution in [1.29, 1.82) is 0 Å². The third-order valence-corrected chi connectivity index (χ3v) is 7.86. The minimum absolute atomic E-state index is 0.0302. The summed E-state index contributed by atoms with van der Waals surface area (Å²) in [7, 11) is 0. The van der Waals surface area contributed by atoms with Gasteiger partial charge in [0, 0.05) is 17.5 Å². The molecule has 0 aliphatic rings. The van der Waals surface area contributed by atoms with Crippen LogP contribution in [0.1, 0.15) is 51.0 Å². The van der Waals surface area contributed by atoms with E-state index in [4.69, 9.17) is 4.74 Å². The SMILES string of the molecule is CCCCCCCCOc1ccc(Nc2cc(Nc3ccccc3N=Cc3c(O)ccc4ccccc34)c([N+](=O)[O-])cc2[N+](=O)[O-])cc1. The normalized spacial score (nSPS) is 11.1. The molecule has 3 N–H and O–H groups in total. The molecule has 0 fully saturated rings. The third-order valence-electron chi connectivity index (χ3n) is 7.86. The van der Waals surface area contributed by atoms with Crippen LogP contribution in [-0.2, 0) is 0 Å². The average Bonchev–Trinajstić information content (AvgIpc) is 3.08. The molecule has 0 heterocycles. The summed E-state index contributed by atoms with van der Waals surface area (Å²) in [5, 5.41) is 42.5. The maximum absolute atomic E-state index is 12.1. The number of aromatic hydroxyl groups is 1. The second-order valence-electron chi connectivity index (χ2n) is 11.3. The first kappa shape index (κ1) is 33.4. The Morgan fingerprint density at radius 3 is 2.17 bits per heavy atom. The number of hydrogen-bond acceptors (Lipinski definition) is 9. The summed E-state index contributed by atoms with van der Waals surface area (Å²) in [5.41, 5.74) is 1.09. The predicted molar refractivity (Wildman–Crippen MR) is 191 cm³/mol. The van der Waals surface area contributed by atoms with E-state index in [0.29, 0.717) is 35.0 Å². The number of unbranched alkanes of at least 4 members (excludes halogenated alkanes) is 5. The molecule has 0 bridgehead atoms. The van der Waals surface area contributed by atoms with Gasteiger partial charge in [0.2, 0.25) is 0 Å². The monoisotopic (exact) mass is 647 g/mol. The summed E-state index contributed by atoms with van der Waals surface area (Å²) in [6, 6.07) is 27.2. The Hall–Kier alpha value is -5.97. The van der Waals surface area contributed by atoms with Gasteiger partial charge in [-0.15, -0.1) is 0 Å². The second kappa shape index (κ2) is 16.0. The molecule has 0 atom stereocenters. The highest BCUT2D eigenvalue weighted by molar-refractivity contribution is 6.03. The summed E-state index contributed by atoms with van der Waals surface area (Å²) in [4.78, 5) is 27.3. The first-order chi connectivity index (χ1) is 23.3. The fourth-order valence-electron chi connectivity index (χ4n) is 5.33. The number of hydrogen-bond donors (Lipinski definition) is 3. The highest BCUT2D eigenvalue weighted by atomic mass is 16.6. The summed E-state index contributed by atoms with van der Waals surface area (Å²) in [6.45, 7) is 2.80. The highest BCUT2D eigenvalue weighted by Gasteiger charge is 2.25. The Morgan fingerprint density at radius 2 is 1.42 bits per heavy atom. The lowest BCUT2D eigenvalue weighted by molar-refractivity contribution is -0.393. The summed E-state index contributed by atoms with van der Waals surface area (Å²) >= 11 is 0. The van der Waals surface area contributed by atoms with E-state index in [0.717, 1.165) is 29.7 Å². The van der Waals surface area contributed by atoms with Gasteiger partial charge in [-0.05, 0) is 65.7 Å². The molecular weight excluding hydrogens is 610 g/mol. The van der Waals surface area contributed by atoms with Gasteiger partial charge >= 0.3 is 0 Å². The van der Waals surface area contributed by atoms with Crippen molar-refractivity contribution in [2.45, 2.75) is 45.4 Å². The van der Waals surface area contributed by atoms with E-state index >= 15 is 0 Å². The van der Waals surface area contributed by atoms with Crippen LogP contribution in [0, 0.1) is 20.2 Å². The lowest BCUT2D eigenvalue weighted by Gasteiger charge is -2.13. The lowest BCUT2D eigenvalue weighted by atomic mass is 10.0. The van der Waals surface area contributed by atoms with Gasteiger partial charge in [-0.3, -0.25) is 25.2 Å². The fraction of sp³-hybridized carbons (Fsp3) is 0.216. The van der Waals surface area contributed by atoms with E-state index in [9.17, 15) is 25.3 Å². The zero-order valence-electron chi connectivity index (χ0n) is 26.6. The Bertz CT molecular complexity index is 1930. The van der Waals surface area contributed by atoms with Crippen molar-refractivity contribution in [2.24, 2.45) is 4.99 Å². The number of phenols is 1. The molecule has 11 heteroatoms. The van der Waals surface area contributed by atoms with E-state index < -0.39 is 21.2 Å². The first-order valence-electron chi connectivity index (χ1n) is 15.9. The number of ether oxygens (including phenoxy) is 1. The molecule has 0 spiro atoms. The van der Waals surface area contributed by atoms with Crippen LogP contribution in [0.2, 0.25) is 0 Å². The number of anilines is 4. The Kier molecular flexibility index (Phi) is 11.2. The maximum atomic E-state index is 12.1. The minimum atomic E-state index is -0.672. The number of rotatable bonds is 16. The second-order valence-corrected chi connectivity index (χ2v) is 11.3. The number of nitrogens with one attached hydrogen (secondary N) is 2. The fourth-order valence-corrected chi connectivity index (χ4v) is 5.33. The molecule has 0 amide bonds. The van der Waals surface area contributed by atoms with Crippen LogP contribution < -0.4 is 15.4 Å². The van der Waals surface area contributed by atoms with Gasteiger partial charge in [0.25, 0.3) is 11.4 Å². The van der Waals surface area contributed by atoms with Crippen LogP contribution in [-0.4, -0.2) is 27.8 Å². The Balaban J connectivity index is 1.38. The van der Waals surface area contributed by atoms with Gasteiger partial charge in [0.1, 0.15) is 22.9 Å². The molecule has 5 aromatic carbocycles. The van der Waals surface area contributed by atoms with E-state index in [1.54, 1.807) is 54.6 Å². The molecule has 0 radical (unpaired) electrons. The van der Waals surface area contributed by atoms with Gasteiger partial charge in [-0.25, -0.2) is 0 Å². The number of nitro groups is 2. The number of aliphatic imine (C=N–C) groups is 1. The summed E-state index contributed by atoms with van der Waals surface area (Å²) in [5.74, 6) is 0.741. The van der Waals surface area contributed by atoms with Crippen molar-refractivity contribution in [3.05, 3.63) is 123 Å². The van der Waals surface area contributed by atoms with E-state index in [-0.39, 0.29) is 17.1 Å². The molecule has 0 aliphatic heterocycles. The van der Waals surface area contributed by atoms with Gasteiger partial charge < -0.3 is 20.5 Å². The van der Waals surface area contributed by atoms with Gasteiger partial charge in [-0.1, -0.05) is 81.5 Å². The molecule has 0 saturated carbocycles. The summed E-state index contributed by atoms with van der Waals surface area (Å²) < 4.78 is 5.85. The van der Waals surface area contributed by atoms with Crippen LogP contribution in [0.3, 0.4) is 0 Å². The molecule has 5 aromatic rings. The van der Waals surface area contributed by atoms with E-state index in [1.165, 1.54) is 38.0 Å². The van der Waals surface area contributed by atoms with Crippen LogP contribution in [0.4, 0.5) is 39.8 Å². The number of nitrogens with zero attached hydrogens (tertiary/aromatic N) is 3. The largest absolute Gasteiger partial charge is 0.507 e. The van der Waals surface area contributed by atoms with E-state index in [1.807, 2.05) is 30.3 Å². The molecule has 11 nitrogen and oxygen atoms in total. The van der Waals surface area contributed by atoms with Crippen molar-refractivity contribution in [2.75, 3.05) is 17.2 Å². The van der Waals surface area contributed by atoms with Crippen LogP contribution >= 0.6 is 0 Å². The van der Waals surface area contributed by atoms with Crippen molar-refractivity contribution in [3.63, 3.8) is 0 Å². The van der Waals surface area contributed by atoms with Crippen LogP contribution in [0.5, 0.6) is 11.5 Å². The molecule has 48 heavy (non-hydrogen) atoms. The van der Waals surface area contributed by atoms with Crippen LogP contribution in [0.15, 0.2) is 102 Å². The molecule has 0 aromatic heterocycles. The van der Waals surface area contributed by atoms with Gasteiger partial charge in [0.05, 0.1) is 33.9 Å². The van der Waals surface area contributed by atoms with Gasteiger partial charge in [-0.2, -0.15) is 0 Å². The predicted octanol–water partition coefficient (Wildman–Crippen LogP) is 10.3. The van der Waals surface area contributed by atoms with Crippen molar-refractivity contribution in [3.8, 4) is 11.5 Å². The van der Waals surface area contributed by atoms with Crippen molar-refractivity contribution in [1.82, 2.24) is 0 Å². The average molecular weight is 648 g/mol. The number of nitro benzene ring substituents is 2. The Morgan fingerprint density at radius 1 is 0.750 bits per heavy atom. The molecular formula is C37H37N5O6. The minimum Gasteiger partial charge on any atom is -0.507 e. The number of phenolic OH excluding ortho intramolecular Hbond substituents is 1. The number of fused-ring (bicyclic) bond motifs is 1. The number of benzene rings is 5. The topological polar surface area (TPSA) is 152 Å². The van der Waals surface area contributed by atoms with Gasteiger partial charge in [0.15, 0.2) is 0 Å². The number of para-hydroxylation sites is 2. The first-order valence-corrected chi connectivity index (χ1v) is 15.9.